The van der Waals surface area contributed by atoms with Gasteiger partial charge in [-0.1, -0.05) is 73.3 Å². The molecule has 5 rings (SSSR count). The lowest BCUT2D eigenvalue weighted by Crippen LogP contribution is -2.25. The van der Waals surface area contributed by atoms with E-state index in [4.69, 9.17) is 11.6 Å². The first-order valence-corrected chi connectivity index (χ1v) is 11.1. The van der Waals surface area contributed by atoms with Gasteiger partial charge in [0.2, 0.25) is 11.9 Å². The first kappa shape index (κ1) is 19.8. The van der Waals surface area contributed by atoms with E-state index in [2.05, 4.69) is 38.9 Å². The Labute approximate surface area is 186 Å². The number of hydrogen-bond acceptors (Lipinski definition) is 4. The summed E-state index contributed by atoms with van der Waals surface area (Å²) in [4.78, 5) is 17.3. The average molecular weight is 434 g/mol. The van der Waals surface area contributed by atoms with Crippen molar-refractivity contribution in [2.24, 2.45) is 5.92 Å². The van der Waals surface area contributed by atoms with Crippen LogP contribution in [-0.2, 0) is 4.79 Å². The Morgan fingerprint density at radius 1 is 1.03 bits per heavy atom. The lowest BCUT2D eigenvalue weighted by Gasteiger charge is -2.24. The number of allylic oxidation sites excluding steroid dienone is 1. The van der Waals surface area contributed by atoms with E-state index in [-0.39, 0.29) is 17.9 Å². The van der Waals surface area contributed by atoms with Gasteiger partial charge in [0.15, 0.2) is 0 Å². The molecule has 1 aliphatic heterocycles. The Bertz CT molecular complexity index is 1100. The molecule has 2 aliphatic rings. The van der Waals surface area contributed by atoms with Crippen molar-refractivity contribution < 1.29 is 4.79 Å². The number of benzene rings is 2. The number of carbonyl (C=O) groups is 1. The molecule has 1 amide bonds. The van der Waals surface area contributed by atoms with Gasteiger partial charge in [0.1, 0.15) is 6.04 Å². The Balaban J connectivity index is 1.46. The molecule has 2 heterocycles. The number of halogens is 1. The molecule has 0 bridgehead atoms. The van der Waals surface area contributed by atoms with Gasteiger partial charge in [-0.2, -0.15) is 4.98 Å². The number of carbonyl (C=O) groups excluding carboxylic acids is 1. The molecule has 3 aromatic rings. The van der Waals surface area contributed by atoms with E-state index in [1.165, 1.54) is 6.42 Å². The highest BCUT2D eigenvalue weighted by molar-refractivity contribution is 6.30. The van der Waals surface area contributed by atoms with Crippen molar-refractivity contribution in [1.29, 1.82) is 0 Å². The van der Waals surface area contributed by atoms with E-state index in [0.717, 1.165) is 42.5 Å². The van der Waals surface area contributed by atoms with Crippen molar-refractivity contribution in [3.8, 4) is 0 Å². The van der Waals surface area contributed by atoms with E-state index in [1.54, 1.807) is 0 Å². The Kier molecular flexibility index (Phi) is 5.47. The second-order valence-corrected chi connectivity index (χ2v) is 8.53. The average Bonchev–Trinajstić information content (AvgIpc) is 3.22. The topological polar surface area (TPSA) is 71.8 Å². The van der Waals surface area contributed by atoms with Crippen LogP contribution in [-0.4, -0.2) is 20.7 Å². The standard InChI is InChI=1S/C24H24ClN5O/c25-19-13-11-16(12-14-19)20-15-21(17-7-3-1-4-8-17)30-24(26-20)28-23(29-30)27-22(31)18-9-5-2-6-10-18/h1,3-4,7-8,11-15,18,21H,2,5-6,9-10H2,(H2,26,27,28,29,31). The summed E-state index contributed by atoms with van der Waals surface area (Å²) in [6.45, 7) is 0. The van der Waals surface area contributed by atoms with Crippen LogP contribution in [0.4, 0.5) is 11.9 Å². The monoisotopic (exact) mass is 433 g/mol. The fraction of sp³-hybridized carbons (Fsp3) is 0.292. The van der Waals surface area contributed by atoms with E-state index in [1.807, 2.05) is 47.1 Å². The Morgan fingerprint density at radius 3 is 2.52 bits per heavy atom. The maximum absolute atomic E-state index is 12.7. The van der Waals surface area contributed by atoms with Gasteiger partial charge >= 0.3 is 0 Å². The van der Waals surface area contributed by atoms with Crippen LogP contribution >= 0.6 is 11.6 Å². The highest BCUT2D eigenvalue weighted by Gasteiger charge is 2.27. The molecular weight excluding hydrogens is 410 g/mol. The summed E-state index contributed by atoms with van der Waals surface area (Å²) < 4.78 is 1.82. The lowest BCUT2D eigenvalue weighted by atomic mass is 9.89. The summed E-state index contributed by atoms with van der Waals surface area (Å²) in [7, 11) is 0. The quantitative estimate of drug-likeness (QED) is 0.569. The lowest BCUT2D eigenvalue weighted by molar-refractivity contribution is -0.120. The zero-order valence-electron chi connectivity index (χ0n) is 17.1. The fourth-order valence-electron chi connectivity index (χ4n) is 4.31. The van der Waals surface area contributed by atoms with Crippen molar-refractivity contribution in [1.82, 2.24) is 14.8 Å². The maximum atomic E-state index is 12.7. The molecule has 1 aliphatic carbocycles. The van der Waals surface area contributed by atoms with Crippen LogP contribution < -0.4 is 10.6 Å². The Morgan fingerprint density at radius 2 is 1.77 bits per heavy atom. The minimum absolute atomic E-state index is 0.0183. The number of rotatable bonds is 4. The van der Waals surface area contributed by atoms with Gasteiger partial charge in [0, 0.05) is 16.6 Å². The second kappa shape index (κ2) is 8.55. The molecule has 1 saturated carbocycles. The van der Waals surface area contributed by atoms with Crippen molar-refractivity contribution in [3.05, 3.63) is 76.8 Å². The van der Waals surface area contributed by atoms with E-state index in [9.17, 15) is 4.79 Å². The van der Waals surface area contributed by atoms with Gasteiger partial charge in [-0.3, -0.25) is 10.1 Å². The highest BCUT2D eigenvalue weighted by atomic mass is 35.5. The van der Waals surface area contributed by atoms with E-state index < -0.39 is 0 Å². The van der Waals surface area contributed by atoms with Gasteiger partial charge in [-0.25, -0.2) is 4.68 Å². The smallest absolute Gasteiger partial charge is 0.250 e. The SMILES string of the molecule is O=C(Nc1nc2n(n1)C(c1ccccc1)C=C(c1ccc(Cl)cc1)N2)C1CCCCC1. The molecular formula is C24H24ClN5O. The van der Waals surface area contributed by atoms with Crippen molar-refractivity contribution >= 4 is 35.1 Å². The molecule has 0 radical (unpaired) electrons. The van der Waals surface area contributed by atoms with Crippen LogP contribution in [0.5, 0.6) is 0 Å². The summed E-state index contributed by atoms with van der Waals surface area (Å²) >= 11 is 6.07. The fourth-order valence-corrected chi connectivity index (χ4v) is 4.43. The third kappa shape index (κ3) is 4.21. The van der Waals surface area contributed by atoms with Gasteiger partial charge in [-0.05, 0) is 42.2 Å². The van der Waals surface area contributed by atoms with Gasteiger partial charge in [0.05, 0.1) is 0 Å². The van der Waals surface area contributed by atoms with Crippen LogP contribution in [0.2, 0.25) is 5.02 Å². The third-order valence-electron chi connectivity index (χ3n) is 5.97. The van der Waals surface area contributed by atoms with Crippen LogP contribution in [0.15, 0.2) is 60.7 Å². The largest absolute Gasteiger partial charge is 0.324 e. The predicted molar refractivity (Wildman–Crippen MR) is 123 cm³/mol. The predicted octanol–water partition coefficient (Wildman–Crippen LogP) is 5.51. The molecule has 0 spiro atoms. The summed E-state index contributed by atoms with van der Waals surface area (Å²) in [5.41, 5.74) is 3.02. The van der Waals surface area contributed by atoms with Gasteiger partial charge in [0.25, 0.3) is 5.95 Å². The number of hydrogen-bond donors (Lipinski definition) is 2. The van der Waals surface area contributed by atoms with Crippen molar-refractivity contribution in [3.63, 3.8) is 0 Å². The van der Waals surface area contributed by atoms with Crippen molar-refractivity contribution in [2.45, 2.75) is 38.1 Å². The first-order chi connectivity index (χ1) is 15.2. The number of nitrogens with zero attached hydrogens (tertiary/aromatic N) is 3. The molecule has 7 heteroatoms. The minimum atomic E-state index is -0.143. The number of amides is 1. The number of nitrogens with one attached hydrogen (secondary N) is 2. The first-order valence-electron chi connectivity index (χ1n) is 10.7. The molecule has 0 saturated heterocycles. The minimum Gasteiger partial charge on any atom is -0.324 e. The molecule has 1 atom stereocenters. The zero-order valence-corrected chi connectivity index (χ0v) is 17.8. The molecule has 31 heavy (non-hydrogen) atoms. The Hall–Kier alpha value is -3.12. The van der Waals surface area contributed by atoms with Crippen LogP contribution in [0, 0.1) is 5.92 Å². The number of fused-ring (bicyclic) bond motifs is 1. The third-order valence-corrected chi connectivity index (χ3v) is 6.23. The molecule has 1 fully saturated rings. The summed E-state index contributed by atoms with van der Waals surface area (Å²) in [5.74, 6) is 1.00. The van der Waals surface area contributed by atoms with Gasteiger partial charge < -0.3 is 5.32 Å². The van der Waals surface area contributed by atoms with E-state index >= 15 is 0 Å². The summed E-state index contributed by atoms with van der Waals surface area (Å²) in [6, 6.07) is 17.7. The molecule has 6 nitrogen and oxygen atoms in total. The highest BCUT2D eigenvalue weighted by Crippen LogP contribution is 2.33. The zero-order chi connectivity index (χ0) is 21.2. The normalized spacial score (nSPS) is 18.6. The van der Waals surface area contributed by atoms with Crippen LogP contribution in [0.3, 0.4) is 0 Å². The molecule has 158 valence electrons. The van der Waals surface area contributed by atoms with E-state index in [0.29, 0.717) is 16.9 Å². The second-order valence-electron chi connectivity index (χ2n) is 8.10. The summed E-state index contributed by atoms with van der Waals surface area (Å²) in [6.07, 6.45) is 7.42. The van der Waals surface area contributed by atoms with Crippen molar-refractivity contribution in [2.75, 3.05) is 10.6 Å². The molecule has 1 unspecified atom stereocenters. The molecule has 1 aromatic heterocycles. The maximum Gasteiger partial charge on any atom is 0.250 e. The number of aromatic nitrogens is 3. The summed E-state index contributed by atoms with van der Waals surface area (Å²) in [5, 5.41) is 11.6. The molecule has 2 aromatic carbocycles. The molecule has 2 N–H and O–H groups in total. The number of anilines is 2. The van der Waals surface area contributed by atoms with Gasteiger partial charge in [-0.15, -0.1) is 5.10 Å². The van der Waals surface area contributed by atoms with Crippen LogP contribution in [0.1, 0.15) is 49.3 Å². The van der Waals surface area contributed by atoms with Crippen LogP contribution in [0.25, 0.3) is 5.70 Å².